The summed E-state index contributed by atoms with van der Waals surface area (Å²) >= 11 is 0. The first-order valence-electron chi connectivity index (χ1n) is 7.44. The number of aromatic nitrogens is 1. The first kappa shape index (κ1) is 14.8. The number of hydrogen-bond donors (Lipinski definition) is 1. The Hall–Kier alpha value is -3.12. The van der Waals surface area contributed by atoms with E-state index in [1.807, 2.05) is 61.5 Å². The van der Waals surface area contributed by atoms with Gasteiger partial charge in [-0.2, -0.15) is 5.26 Å². The summed E-state index contributed by atoms with van der Waals surface area (Å²) in [6, 6.07) is 21.4. The molecule has 0 saturated heterocycles. The second-order valence-electron chi connectivity index (χ2n) is 5.55. The van der Waals surface area contributed by atoms with Crippen LogP contribution in [0.25, 0.3) is 11.3 Å². The molecule has 0 radical (unpaired) electrons. The number of H-pyrrole nitrogens is 1. The Morgan fingerprint density at radius 2 is 1.74 bits per heavy atom. The Morgan fingerprint density at radius 1 is 1.04 bits per heavy atom. The highest BCUT2D eigenvalue weighted by atomic mass is 16.1. The van der Waals surface area contributed by atoms with Crippen molar-refractivity contribution in [3.63, 3.8) is 0 Å². The number of nitrogens with one attached hydrogen (secondary N) is 1. The monoisotopic (exact) mass is 300 g/mol. The van der Waals surface area contributed by atoms with Crippen molar-refractivity contribution in [2.24, 2.45) is 0 Å². The van der Waals surface area contributed by atoms with E-state index in [-0.39, 0.29) is 5.56 Å². The van der Waals surface area contributed by atoms with Crippen molar-refractivity contribution in [1.29, 1.82) is 5.26 Å². The van der Waals surface area contributed by atoms with Crippen LogP contribution in [0.2, 0.25) is 0 Å². The minimum absolute atomic E-state index is 0.150. The van der Waals surface area contributed by atoms with Crippen molar-refractivity contribution in [3.8, 4) is 17.3 Å². The van der Waals surface area contributed by atoms with Gasteiger partial charge in [-0.25, -0.2) is 0 Å². The van der Waals surface area contributed by atoms with E-state index in [1.165, 1.54) is 5.56 Å². The van der Waals surface area contributed by atoms with Crippen LogP contribution in [0.1, 0.15) is 22.3 Å². The maximum Gasteiger partial charge on any atom is 0.252 e. The molecule has 0 aliphatic carbocycles. The molecular weight excluding hydrogens is 284 g/mol. The van der Waals surface area contributed by atoms with Crippen LogP contribution in [0.4, 0.5) is 0 Å². The minimum Gasteiger partial charge on any atom is -0.321 e. The lowest BCUT2D eigenvalue weighted by atomic mass is 10.0. The summed E-state index contributed by atoms with van der Waals surface area (Å²) in [6.07, 6.45) is 0.513. The highest BCUT2D eigenvalue weighted by Crippen LogP contribution is 2.20. The maximum atomic E-state index is 12.4. The van der Waals surface area contributed by atoms with Crippen molar-refractivity contribution < 1.29 is 0 Å². The number of nitrogens with zero attached hydrogens (tertiary/aromatic N) is 1. The molecule has 0 spiro atoms. The van der Waals surface area contributed by atoms with Gasteiger partial charge in [0.1, 0.15) is 6.07 Å². The second kappa shape index (κ2) is 6.33. The van der Waals surface area contributed by atoms with Crippen LogP contribution in [0, 0.1) is 18.3 Å². The molecular formula is C20H16N2O. The fourth-order valence-electron chi connectivity index (χ4n) is 2.55. The molecule has 0 bridgehead atoms. The minimum atomic E-state index is -0.150. The molecule has 0 aliphatic heterocycles. The molecule has 1 heterocycles. The molecule has 0 amide bonds. The van der Waals surface area contributed by atoms with Gasteiger partial charge in [-0.1, -0.05) is 60.2 Å². The van der Waals surface area contributed by atoms with Gasteiger partial charge in [-0.05, 0) is 24.1 Å². The normalized spacial score (nSPS) is 10.3. The molecule has 1 N–H and O–H groups in total. The van der Waals surface area contributed by atoms with E-state index in [2.05, 4.69) is 11.1 Å². The molecule has 0 aliphatic rings. The Balaban J connectivity index is 2.02. The molecule has 2 aromatic carbocycles. The predicted octanol–water partition coefficient (Wildman–Crippen LogP) is 3.81. The average molecular weight is 300 g/mol. The topological polar surface area (TPSA) is 56.6 Å². The number of aromatic amines is 1. The van der Waals surface area contributed by atoms with Gasteiger partial charge in [0.2, 0.25) is 0 Å². The zero-order valence-electron chi connectivity index (χ0n) is 12.8. The molecule has 0 fully saturated rings. The molecule has 0 unspecified atom stereocenters. The molecule has 23 heavy (non-hydrogen) atoms. The fourth-order valence-corrected chi connectivity index (χ4v) is 2.55. The third-order valence-corrected chi connectivity index (χ3v) is 3.82. The van der Waals surface area contributed by atoms with E-state index in [9.17, 15) is 10.1 Å². The smallest absolute Gasteiger partial charge is 0.252 e. The Labute approximate surface area is 134 Å². The van der Waals surface area contributed by atoms with Crippen LogP contribution in [0.15, 0.2) is 65.5 Å². The summed E-state index contributed by atoms with van der Waals surface area (Å²) in [4.78, 5) is 15.3. The quantitative estimate of drug-likeness (QED) is 0.799. The van der Waals surface area contributed by atoms with Crippen molar-refractivity contribution in [3.05, 3.63) is 93.3 Å². The highest BCUT2D eigenvalue weighted by molar-refractivity contribution is 5.66. The number of benzene rings is 2. The van der Waals surface area contributed by atoms with Gasteiger partial charge in [-0.3, -0.25) is 4.79 Å². The molecule has 1 aromatic heterocycles. The van der Waals surface area contributed by atoms with Crippen molar-refractivity contribution in [1.82, 2.24) is 4.98 Å². The van der Waals surface area contributed by atoms with E-state index in [1.54, 1.807) is 6.07 Å². The van der Waals surface area contributed by atoms with E-state index in [4.69, 9.17) is 0 Å². The molecule has 3 rings (SSSR count). The summed E-state index contributed by atoms with van der Waals surface area (Å²) in [5, 5.41) is 9.43. The van der Waals surface area contributed by atoms with Gasteiger partial charge in [0, 0.05) is 12.0 Å². The van der Waals surface area contributed by atoms with E-state index in [0.29, 0.717) is 23.2 Å². The molecule has 3 aromatic rings. The average Bonchev–Trinajstić information content (AvgIpc) is 2.59. The first-order chi connectivity index (χ1) is 11.2. The summed E-state index contributed by atoms with van der Waals surface area (Å²) in [6.45, 7) is 2.03. The Morgan fingerprint density at radius 3 is 2.39 bits per heavy atom. The van der Waals surface area contributed by atoms with Gasteiger partial charge in [0.25, 0.3) is 5.56 Å². The van der Waals surface area contributed by atoms with Crippen LogP contribution in [0.5, 0.6) is 0 Å². The van der Waals surface area contributed by atoms with Crippen molar-refractivity contribution in [2.75, 3.05) is 0 Å². The van der Waals surface area contributed by atoms with Crippen LogP contribution < -0.4 is 5.56 Å². The Bertz CT molecular complexity index is 917. The number of nitriles is 1. The third-order valence-electron chi connectivity index (χ3n) is 3.82. The lowest BCUT2D eigenvalue weighted by Gasteiger charge is -2.07. The standard InChI is InChI=1S/C20H16N2O/c1-14-7-9-15(10-8-14)11-17-12-18(13-21)19(22-20(17)23)16-5-3-2-4-6-16/h2-10,12H,11H2,1H3,(H,22,23). The zero-order valence-corrected chi connectivity index (χ0v) is 12.8. The fraction of sp³-hybridized carbons (Fsp3) is 0.100. The SMILES string of the molecule is Cc1ccc(Cc2cc(C#N)c(-c3ccccc3)[nH]c2=O)cc1. The summed E-state index contributed by atoms with van der Waals surface area (Å²) in [5.74, 6) is 0. The van der Waals surface area contributed by atoms with Gasteiger partial charge in [0.15, 0.2) is 0 Å². The lowest BCUT2D eigenvalue weighted by molar-refractivity contribution is 1.09. The lowest BCUT2D eigenvalue weighted by Crippen LogP contribution is -2.15. The number of rotatable bonds is 3. The zero-order chi connectivity index (χ0) is 16.2. The molecule has 0 saturated carbocycles. The van der Waals surface area contributed by atoms with Gasteiger partial charge in [-0.15, -0.1) is 0 Å². The second-order valence-corrected chi connectivity index (χ2v) is 5.55. The summed E-state index contributed by atoms with van der Waals surface area (Å²) in [5.41, 5.74) is 4.58. The molecule has 3 heteroatoms. The molecule has 3 nitrogen and oxygen atoms in total. The van der Waals surface area contributed by atoms with E-state index >= 15 is 0 Å². The van der Waals surface area contributed by atoms with Crippen LogP contribution in [-0.4, -0.2) is 4.98 Å². The van der Waals surface area contributed by atoms with Crippen molar-refractivity contribution in [2.45, 2.75) is 13.3 Å². The van der Waals surface area contributed by atoms with Crippen molar-refractivity contribution >= 4 is 0 Å². The van der Waals surface area contributed by atoms with Gasteiger partial charge < -0.3 is 4.98 Å². The summed E-state index contributed by atoms with van der Waals surface area (Å²) < 4.78 is 0. The van der Waals surface area contributed by atoms with Gasteiger partial charge in [0.05, 0.1) is 11.3 Å². The van der Waals surface area contributed by atoms with E-state index in [0.717, 1.165) is 11.1 Å². The van der Waals surface area contributed by atoms with E-state index < -0.39 is 0 Å². The van der Waals surface area contributed by atoms with Gasteiger partial charge >= 0.3 is 0 Å². The predicted molar refractivity (Wildman–Crippen MR) is 91.2 cm³/mol. The number of pyridine rings is 1. The van der Waals surface area contributed by atoms with Crippen LogP contribution in [-0.2, 0) is 6.42 Å². The maximum absolute atomic E-state index is 12.4. The first-order valence-corrected chi connectivity index (χ1v) is 7.44. The Kier molecular flexibility index (Phi) is 4.07. The van der Waals surface area contributed by atoms with Crippen LogP contribution in [0.3, 0.4) is 0 Å². The number of aryl methyl sites for hydroxylation is 1. The van der Waals surface area contributed by atoms with Crippen LogP contribution >= 0.6 is 0 Å². The molecule has 0 atom stereocenters. The largest absolute Gasteiger partial charge is 0.321 e. The highest BCUT2D eigenvalue weighted by Gasteiger charge is 2.10. The third kappa shape index (κ3) is 3.22. The number of hydrogen-bond acceptors (Lipinski definition) is 2. The molecule has 112 valence electrons. The summed E-state index contributed by atoms with van der Waals surface area (Å²) in [7, 11) is 0.